The van der Waals surface area contributed by atoms with Crippen LogP contribution in [0.5, 0.6) is 5.75 Å². The van der Waals surface area contributed by atoms with E-state index in [0.29, 0.717) is 5.75 Å². The molecule has 90 valence electrons. The van der Waals surface area contributed by atoms with Gasteiger partial charge in [0.05, 0.1) is 12.6 Å². The molecule has 16 heavy (non-hydrogen) atoms. The zero-order chi connectivity index (χ0) is 12.5. The quantitative estimate of drug-likeness (QED) is 0.718. The molecule has 0 bridgehead atoms. The zero-order valence-electron chi connectivity index (χ0n) is 10.4. The largest absolute Gasteiger partial charge is 0.508 e. The summed E-state index contributed by atoms with van der Waals surface area (Å²) in [5, 5.41) is 19.0. The zero-order valence-corrected chi connectivity index (χ0v) is 10.4. The number of benzene rings is 1. The lowest BCUT2D eigenvalue weighted by molar-refractivity contribution is 0.267. The third-order valence-electron chi connectivity index (χ3n) is 2.79. The van der Waals surface area contributed by atoms with Crippen molar-refractivity contribution in [2.75, 3.05) is 6.61 Å². The van der Waals surface area contributed by atoms with Crippen LogP contribution in [0.3, 0.4) is 0 Å². The minimum Gasteiger partial charge on any atom is -0.508 e. The molecule has 1 aromatic carbocycles. The number of aliphatic hydroxyl groups is 1. The van der Waals surface area contributed by atoms with E-state index in [2.05, 4.69) is 0 Å². The predicted octanol–water partition coefficient (Wildman–Crippen LogP) is 1.99. The van der Waals surface area contributed by atoms with Crippen molar-refractivity contribution in [1.82, 2.24) is 0 Å². The number of phenols is 1. The van der Waals surface area contributed by atoms with Gasteiger partial charge in [0.1, 0.15) is 5.75 Å². The number of rotatable bonds is 2. The highest BCUT2D eigenvalue weighted by Gasteiger charge is 2.21. The van der Waals surface area contributed by atoms with Crippen molar-refractivity contribution in [2.45, 2.75) is 39.2 Å². The minimum absolute atomic E-state index is 0.0881. The molecule has 0 aromatic heterocycles. The molecule has 0 saturated carbocycles. The lowest BCUT2D eigenvalue weighted by Crippen LogP contribution is -2.18. The Morgan fingerprint density at radius 1 is 1.31 bits per heavy atom. The van der Waals surface area contributed by atoms with Crippen molar-refractivity contribution >= 4 is 0 Å². The van der Waals surface area contributed by atoms with Crippen molar-refractivity contribution in [3.05, 3.63) is 28.8 Å². The summed E-state index contributed by atoms with van der Waals surface area (Å²) >= 11 is 0. The minimum atomic E-state index is -0.387. The summed E-state index contributed by atoms with van der Waals surface area (Å²) in [5.41, 5.74) is 8.35. The van der Waals surface area contributed by atoms with Crippen LogP contribution >= 0.6 is 0 Å². The Balaban J connectivity index is 3.33. The molecule has 4 N–H and O–H groups in total. The number of hydrogen-bond acceptors (Lipinski definition) is 3. The summed E-state index contributed by atoms with van der Waals surface area (Å²) in [7, 11) is 0. The van der Waals surface area contributed by atoms with Crippen LogP contribution in [0.1, 0.15) is 43.5 Å². The van der Waals surface area contributed by atoms with Crippen LogP contribution in [0.4, 0.5) is 0 Å². The van der Waals surface area contributed by atoms with E-state index in [4.69, 9.17) is 10.8 Å². The van der Waals surface area contributed by atoms with Gasteiger partial charge in [-0.25, -0.2) is 0 Å². The molecule has 0 heterocycles. The number of nitrogens with two attached hydrogens (primary N) is 1. The van der Waals surface area contributed by atoms with Crippen LogP contribution in [0.2, 0.25) is 0 Å². The first-order chi connectivity index (χ1) is 7.27. The fourth-order valence-electron chi connectivity index (χ4n) is 1.81. The Morgan fingerprint density at radius 2 is 1.88 bits per heavy atom. The molecule has 0 aliphatic carbocycles. The van der Waals surface area contributed by atoms with Gasteiger partial charge in [0, 0.05) is 0 Å². The smallest absolute Gasteiger partial charge is 0.119 e. The first-order valence-corrected chi connectivity index (χ1v) is 5.47. The van der Waals surface area contributed by atoms with Crippen LogP contribution in [0, 0.1) is 6.92 Å². The number of phenolic OH excluding ortho intramolecular Hbond substituents is 1. The van der Waals surface area contributed by atoms with Crippen molar-refractivity contribution < 1.29 is 10.2 Å². The average Bonchev–Trinajstić information content (AvgIpc) is 2.14. The van der Waals surface area contributed by atoms with Crippen LogP contribution in [-0.2, 0) is 5.41 Å². The number of aromatic hydroxyl groups is 1. The van der Waals surface area contributed by atoms with E-state index < -0.39 is 0 Å². The molecule has 0 aliphatic rings. The number of hydrogen-bond donors (Lipinski definition) is 3. The standard InChI is InChI=1S/C13H21NO2/c1-8-5-12(16)10(13(2,3)4)6-9(8)11(14)7-15/h5-6,11,15-16H,7,14H2,1-4H3. The Morgan fingerprint density at radius 3 is 2.31 bits per heavy atom. The molecule has 1 aromatic rings. The second-order valence-electron chi connectivity index (χ2n) is 5.27. The van der Waals surface area contributed by atoms with Gasteiger partial charge < -0.3 is 15.9 Å². The van der Waals surface area contributed by atoms with Gasteiger partial charge in [-0.3, -0.25) is 0 Å². The van der Waals surface area contributed by atoms with Gasteiger partial charge in [-0.05, 0) is 41.2 Å². The van der Waals surface area contributed by atoms with Gasteiger partial charge in [-0.15, -0.1) is 0 Å². The summed E-state index contributed by atoms with van der Waals surface area (Å²) in [5.74, 6) is 0.291. The summed E-state index contributed by atoms with van der Waals surface area (Å²) in [6.45, 7) is 7.90. The molecule has 0 spiro atoms. The highest BCUT2D eigenvalue weighted by atomic mass is 16.3. The predicted molar refractivity (Wildman–Crippen MR) is 65.6 cm³/mol. The summed E-state index contributed by atoms with van der Waals surface area (Å²) in [4.78, 5) is 0. The van der Waals surface area contributed by atoms with Crippen molar-refractivity contribution in [2.24, 2.45) is 5.73 Å². The van der Waals surface area contributed by atoms with Crippen LogP contribution in [0.15, 0.2) is 12.1 Å². The third kappa shape index (κ3) is 2.54. The molecule has 1 atom stereocenters. The first-order valence-electron chi connectivity index (χ1n) is 5.47. The molecule has 1 rings (SSSR count). The van der Waals surface area contributed by atoms with Crippen molar-refractivity contribution in [1.29, 1.82) is 0 Å². The fourth-order valence-corrected chi connectivity index (χ4v) is 1.81. The Kier molecular flexibility index (Phi) is 3.61. The Hall–Kier alpha value is -1.06. The average molecular weight is 223 g/mol. The van der Waals surface area contributed by atoms with E-state index >= 15 is 0 Å². The summed E-state index contributed by atoms with van der Waals surface area (Å²) < 4.78 is 0. The van der Waals surface area contributed by atoms with Gasteiger partial charge in [0.15, 0.2) is 0 Å². The third-order valence-corrected chi connectivity index (χ3v) is 2.79. The maximum absolute atomic E-state index is 9.90. The lowest BCUT2D eigenvalue weighted by Gasteiger charge is -2.23. The van der Waals surface area contributed by atoms with Gasteiger partial charge in [-0.1, -0.05) is 20.8 Å². The van der Waals surface area contributed by atoms with E-state index in [1.807, 2.05) is 33.8 Å². The molecule has 0 aliphatic heterocycles. The van der Waals surface area contributed by atoms with E-state index in [1.54, 1.807) is 6.07 Å². The molecular formula is C13H21NO2. The molecular weight excluding hydrogens is 202 g/mol. The number of aryl methyl sites for hydroxylation is 1. The van der Waals surface area contributed by atoms with Crippen molar-refractivity contribution in [3.63, 3.8) is 0 Å². The van der Waals surface area contributed by atoms with Gasteiger partial charge in [0.25, 0.3) is 0 Å². The SMILES string of the molecule is Cc1cc(O)c(C(C)(C)C)cc1C(N)CO. The highest BCUT2D eigenvalue weighted by Crippen LogP contribution is 2.34. The maximum Gasteiger partial charge on any atom is 0.119 e. The monoisotopic (exact) mass is 223 g/mol. The van der Waals surface area contributed by atoms with Gasteiger partial charge >= 0.3 is 0 Å². The first kappa shape index (κ1) is 13.0. The van der Waals surface area contributed by atoms with Gasteiger partial charge in [-0.2, -0.15) is 0 Å². The second kappa shape index (κ2) is 4.44. The Labute approximate surface area is 96.9 Å². The van der Waals surface area contributed by atoms with Crippen LogP contribution < -0.4 is 5.73 Å². The fraction of sp³-hybridized carbons (Fsp3) is 0.538. The van der Waals surface area contributed by atoms with Crippen molar-refractivity contribution in [3.8, 4) is 5.75 Å². The normalized spacial score (nSPS) is 13.9. The molecule has 0 amide bonds. The molecule has 3 heteroatoms. The van der Waals surface area contributed by atoms with E-state index in [1.165, 1.54) is 0 Å². The number of aliphatic hydroxyl groups excluding tert-OH is 1. The van der Waals surface area contributed by atoms with E-state index in [-0.39, 0.29) is 18.1 Å². The maximum atomic E-state index is 9.90. The summed E-state index contributed by atoms with van der Waals surface area (Å²) in [6, 6.07) is 3.22. The topological polar surface area (TPSA) is 66.5 Å². The Bertz CT molecular complexity index is 380. The van der Waals surface area contributed by atoms with Gasteiger partial charge in [0.2, 0.25) is 0 Å². The molecule has 0 saturated heterocycles. The van der Waals surface area contributed by atoms with Crippen LogP contribution in [-0.4, -0.2) is 16.8 Å². The molecule has 3 nitrogen and oxygen atoms in total. The van der Waals surface area contributed by atoms with Crippen LogP contribution in [0.25, 0.3) is 0 Å². The van der Waals surface area contributed by atoms with E-state index in [0.717, 1.165) is 16.7 Å². The highest BCUT2D eigenvalue weighted by molar-refractivity contribution is 5.45. The molecule has 0 fully saturated rings. The molecule has 1 unspecified atom stereocenters. The summed E-state index contributed by atoms with van der Waals surface area (Å²) in [6.07, 6.45) is 0. The molecule has 0 radical (unpaired) electrons. The second-order valence-corrected chi connectivity index (χ2v) is 5.27. The lowest BCUT2D eigenvalue weighted by atomic mass is 9.83. The van der Waals surface area contributed by atoms with E-state index in [9.17, 15) is 5.11 Å².